The van der Waals surface area contributed by atoms with E-state index in [1.165, 1.54) is 30.5 Å². The van der Waals surface area contributed by atoms with E-state index < -0.39 is 5.82 Å². The lowest BCUT2D eigenvalue weighted by molar-refractivity contribution is 0.478. The van der Waals surface area contributed by atoms with Gasteiger partial charge in [-0.05, 0) is 18.2 Å². The maximum atomic E-state index is 13.0. The lowest BCUT2D eigenvalue weighted by atomic mass is 10.3. The van der Waals surface area contributed by atoms with Crippen molar-refractivity contribution in [3.63, 3.8) is 0 Å². The molecule has 0 fully saturated rings. The molecule has 5 heteroatoms. The molecule has 2 N–H and O–H groups in total. The first-order valence-electron chi connectivity index (χ1n) is 4.78. The zero-order chi connectivity index (χ0) is 12.3. The SMILES string of the molecule is N#Cc1cc(Oc2cc(F)ccc2N)ccn1. The van der Waals surface area contributed by atoms with Crippen molar-refractivity contribution in [3.05, 3.63) is 48.0 Å². The van der Waals surface area contributed by atoms with Crippen LogP contribution < -0.4 is 10.5 Å². The molecule has 1 aromatic heterocycles. The quantitative estimate of drug-likeness (QED) is 0.803. The fourth-order valence-electron chi connectivity index (χ4n) is 1.26. The van der Waals surface area contributed by atoms with E-state index in [1.807, 2.05) is 6.07 Å². The van der Waals surface area contributed by atoms with Crippen LogP contribution in [0.15, 0.2) is 36.5 Å². The van der Waals surface area contributed by atoms with E-state index in [1.54, 1.807) is 6.07 Å². The Morgan fingerprint density at radius 1 is 1.29 bits per heavy atom. The Kier molecular flexibility index (Phi) is 2.88. The maximum absolute atomic E-state index is 13.0. The summed E-state index contributed by atoms with van der Waals surface area (Å²) in [6.07, 6.45) is 1.43. The Balaban J connectivity index is 2.31. The molecule has 0 aliphatic carbocycles. The minimum Gasteiger partial charge on any atom is -0.455 e. The van der Waals surface area contributed by atoms with E-state index in [0.29, 0.717) is 11.4 Å². The Morgan fingerprint density at radius 3 is 2.88 bits per heavy atom. The molecule has 1 heterocycles. The van der Waals surface area contributed by atoms with Gasteiger partial charge in [0, 0.05) is 18.3 Å². The number of rotatable bonds is 2. The fraction of sp³-hybridized carbons (Fsp3) is 0. The van der Waals surface area contributed by atoms with Crippen LogP contribution in [0.2, 0.25) is 0 Å². The van der Waals surface area contributed by atoms with Crippen LogP contribution in [0.3, 0.4) is 0 Å². The summed E-state index contributed by atoms with van der Waals surface area (Å²) in [5.74, 6) is 0.151. The lowest BCUT2D eigenvalue weighted by Crippen LogP contribution is -1.93. The number of nitrogens with two attached hydrogens (primary N) is 1. The van der Waals surface area contributed by atoms with Gasteiger partial charge in [-0.15, -0.1) is 0 Å². The molecule has 0 spiro atoms. The summed E-state index contributed by atoms with van der Waals surface area (Å²) in [5, 5.41) is 8.67. The number of nitriles is 1. The van der Waals surface area contributed by atoms with Crippen LogP contribution >= 0.6 is 0 Å². The molecule has 84 valence electrons. The van der Waals surface area contributed by atoms with Crippen molar-refractivity contribution in [2.45, 2.75) is 0 Å². The second-order valence-corrected chi connectivity index (χ2v) is 3.27. The number of ether oxygens (including phenoxy) is 1. The highest BCUT2D eigenvalue weighted by Crippen LogP contribution is 2.27. The van der Waals surface area contributed by atoms with Gasteiger partial charge >= 0.3 is 0 Å². The predicted octanol–water partition coefficient (Wildman–Crippen LogP) is 2.47. The lowest BCUT2D eigenvalue weighted by Gasteiger charge is -2.08. The molecule has 4 nitrogen and oxygen atoms in total. The van der Waals surface area contributed by atoms with Gasteiger partial charge in [-0.25, -0.2) is 9.37 Å². The average molecular weight is 229 g/mol. The van der Waals surface area contributed by atoms with Gasteiger partial charge < -0.3 is 10.5 Å². The molecule has 0 unspecified atom stereocenters. The Morgan fingerprint density at radius 2 is 2.12 bits per heavy atom. The highest BCUT2D eigenvalue weighted by Gasteiger charge is 2.04. The van der Waals surface area contributed by atoms with Crippen molar-refractivity contribution in [2.24, 2.45) is 0 Å². The van der Waals surface area contributed by atoms with Gasteiger partial charge in [-0.1, -0.05) is 0 Å². The van der Waals surface area contributed by atoms with Crippen molar-refractivity contribution < 1.29 is 9.13 Å². The smallest absolute Gasteiger partial charge is 0.153 e. The number of anilines is 1. The average Bonchev–Trinajstić information content (AvgIpc) is 2.34. The minimum atomic E-state index is -0.441. The van der Waals surface area contributed by atoms with Crippen LogP contribution in [-0.2, 0) is 0 Å². The number of hydrogen-bond donors (Lipinski definition) is 1. The molecule has 2 rings (SSSR count). The molecule has 17 heavy (non-hydrogen) atoms. The maximum Gasteiger partial charge on any atom is 0.153 e. The van der Waals surface area contributed by atoms with Crippen LogP contribution in [0.1, 0.15) is 5.69 Å². The van der Waals surface area contributed by atoms with Gasteiger partial charge in [0.2, 0.25) is 0 Å². The zero-order valence-electron chi connectivity index (χ0n) is 8.72. The van der Waals surface area contributed by atoms with E-state index in [9.17, 15) is 4.39 Å². The van der Waals surface area contributed by atoms with Crippen molar-refractivity contribution >= 4 is 5.69 Å². The fourth-order valence-corrected chi connectivity index (χ4v) is 1.26. The molecule has 0 aliphatic rings. The molecule has 0 saturated carbocycles. The third-order valence-electron chi connectivity index (χ3n) is 2.05. The van der Waals surface area contributed by atoms with Crippen molar-refractivity contribution in [2.75, 3.05) is 5.73 Å². The molecule has 1 aromatic carbocycles. The molecular weight excluding hydrogens is 221 g/mol. The van der Waals surface area contributed by atoms with E-state index in [0.717, 1.165) is 0 Å². The first kappa shape index (κ1) is 10.9. The van der Waals surface area contributed by atoms with Crippen molar-refractivity contribution in [1.82, 2.24) is 4.98 Å². The number of halogens is 1. The molecule has 0 amide bonds. The van der Waals surface area contributed by atoms with E-state index in [4.69, 9.17) is 15.7 Å². The molecule has 0 aliphatic heterocycles. The van der Waals surface area contributed by atoms with Gasteiger partial charge in [-0.2, -0.15) is 5.26 Å². The Hall–Kier alpha value is -2.61. The van der Waals surface area contributed by atoms with E-state index >= 15 is 0 Å². The van der Waals surface area contributed by atoms with Gasteiger partial charge in [0.05, 0.1) is 5.69 Å². The normalized spacial score (nSPS) is 9.65. The van der Waals surface area contributed by atoms with Crippen molar-refractivity contribution in [1.29, 1.82) is 5.26 Å². The summed E-state index contributed by atoms with van der Waals surface area (Å²) < 4.78 is 18.4. The standard InChI is InChI=1S/C12H8FN3O/c13-8-1-2-11(15)12(5-8)17-10-3-4-16-9(6-10)7-14/h1-6H,15H2. The number of nitrogens with zero attached hydrogens (tertiary/aromatic N) is 2. The van der Waals surface area contributed by atoms with Crippen LogP contribution in [-0.4, -0.2) is 4.98 Å². The molecule has 0 saturated heterocycles. The molecule has 2 aromatic rings. The Bertz CT molecular complexity index is 593. The summed E-state index contributed by atoms with van der Waals surface area (Å²) in [6.45, 7) is 0. The second-order valence-electron chi connectivity index (χ2n) is 3.27. The van der Waals surface area contributed by atoms with Gasteiger partial charge in [0.1, 0.15) is 23.3 Å². The first-order valence-corrected chi connectivity index (χ1v) is 4.78. The summed E-state index contributed by atoms with van der Waals surface area (Å²) >= 11 is 0. The summed E-state index contributed by atoms with van der Waals surface area (Å²) in [5.41, 5.74) is 6.18. The number of nitrogen functional groups attached to an aromatic ring is 1. The van der Waals surface area contributed by atoms with Crippen molar-refractivity contribution in [3.8, 4) is 17.6 Å². The van der Waals surface area contributed by atoms with Crippen LogP contribution in [0, 0.1) is 17.1 Å². The molecule has 0 radical (unpaired) electrons. The topological polar surface area (TPSA) is 71.9 Å². The summed E-state index contributed by atoms with van der Waals surface area (Å²) in [4.78, 5) is 3.79. The largest absolute Gasteiger partial charge is 0.455 e. The molecule has 0 atom stereocenters. The zero-order valence-corrected chi connectivity index (χ0v) is 8.72. The third-order valence-corrected chi connectivity index (χ3v) is 2.05. The highest BCUT2D eigenvalue weighted by atomic mass is 19.1. The van der Waals surface area contributed by atoms with Gasteiger partial charge in [0.15, 0.2) is 5.75 Å². The monoisotopic (exact) mass is 229 g/mol. The second kappa shape index (κ2) is 4.49. The van der Waals surface area contributed by atoms with Crippen LogP contribution in [0.5, 0.6) is 11.5 Å². The summed E-state index contributed by atoms with van der Waals surface area (Å²) in [7, 11) is 0. The van der Waals surface area contributed by atoms with E-state index in [-0.39, 0.29) is 11.4 Å². The van der Waals surface area contributed by atoms with Gasteiger partial charge in [0.25, 0.3) is 0 Å². The van der Waals surface area contributed by atoms with Gasteiger partial charge in [-0.3, -0.25) is 0 Å². The molecular formula is C12H8FN3O. The number of pyridine rings is 1. The molecule has 0 bridgehead atoms. The van der Waals surface area contributed by atoms with E-state index in [2.05, 4.69) is 4.98 Å². The minimum absolute atomic E-state index is 0.208. The highest BCUT2D eigenvalue weighted by molar-refractivity contribution is 5.54. The first-order chi connectivity index (χ1) is 8.19. The predicted molar refractivity (Wildman–Crippen MR) is 59.8 cm³/mol. The summed E-state index contributed by atoms with van der Waals surface area (Å²) in [6, 6.07) is 8.73. The Labute approximate surface area is 97.1 Å². The third kappa shape index (κ3) is 2.49. The number of benzene rings is 1. The number of hydrogen-bond acceptors (Lipinski definition) is 4. The van der Waals surface area contributed by atoms with Crippen LogP contribution in [0.4, 0.5) is 10.1 Å². The number of aromatic nitrogens is 1. The van der Waals surface area contributed by atoms with Crippen LogP contribution in [0.25, 0.3) is 0 Å².